The van der Waals surface area contributed by atoms with Gasteiger partial charge in [0.05, 0.1) is 12.8 Å². The van der Waals surface area contributed by atoms with E-state index in [1.54, 1.807) is 20.1 Å². The molecule has 1 N–H and O–H groups in total. The summed E-state index contributed by atoms with van der Waals surface area (Å²) < 4.78 is 44.2. The van der Waals surface area contributed by atoms with Crippen molar-refractivity contribution in [1.29, 1.82) is 0 Å². The van der Waals surface area contributed by atoms with Crippen molar-refractivity contribution < 1.29 is 17.9 Å². The van der Waals surface area contributed by atoms with Gasteiger partial charge in [-0.1, -0.05) is 6.07 Å². The smallest absolute Gasteiger partial charge is 0.433 e. The first-order valence-corrected chi connectivity index (χ1v) is 9.81. The van der Waals surface area contributed by atoms with Gasteiger partial charge >= 0.3 is 6.18 Å². The Bertz CT molecular complexity index is 828. The number of alkyl halides is 3. The molecule has 1 fully saturated rings. The van der Waals surface area contributed by atoms with Crippen LogP contribution in [0.4, 0.5) is 18.9 Å². The van der Waals surface area contributed by atoms with Crippen molar-refractivity contribution in [2.45, 2.75) is 38.9 Å². The Hall–Kier alpha value is -2.35. The molecule has 1 unspecified atom stereocenters. The Morgan fingerprint density at radius 3 is 2.79 bits per heavy atom. The van der Waals surface area contributed by atoms with E-state index in [2.05, 4.69) is 27.1 Å². The number of likely N-dealkylation sites (tertiary alicyclic amines) is 1. The van der Waals surface area contributed by atoms with Gasteiger partial charge in [0.2, 0.25) is 5.88 Å². The fourth-order valence-electron chi connectivity index (χ4n) is 3.76. The number of nitrogens with one attached hydrogen (secondary N) is 1. The third kappa shape index (κ3) is 5.59. The number of piperidine rings is 1. The first kappa shape index (κ1) is 21.4. The van der Waals surface area contributed by atoms with Gasteiger partial charge in [0.25, 0.3) is 0 Å². The summed E-state index contributed by atoms with van der Waals surface area (Å²) in [5.41, 5.74) is 0.912. The zero-order valence-electron chi connectivity index (χ0n) is 17.0. The first-order valence-electron chi connectivity index (χ1n) is 9.81. The molecule has 5 nitrogen and oxygen atoms in total. The maximum atomic E-state index is 13.0. The predicted molar refractivity (Wildman–Crippen MR) is 106 cm³/mol. The molecule has 0 radical (unpaired) electrons. The van der Waals surface area contributed by atoms with Crippen molar-refractivity contribution in [1.82, 2.24) is 14.9 Å². The minimum Gasteiger partial charge on any atom is -0.481 e. The van der Waals surface area contributed by atoms with Crippen LogP contribution < -0.4 is 10.1 Å². The molecule has 0 bridgehead atoms. The summed E-state index contributed by atoms with van der Waals surface area (Å²) >= 11 is 0. The Kier molecular flexibility index (Phi) is 6.62. The van der Waals surface area contributed by atoms with Crippen molar-refractivity contribution in [2.24, 2.45) is 5.92 Å². The molecule has 3 rings (SSSR count). The largest absolute Gasteiger partial charge is 0.481 e. The number of hydrogen-bond acceptors (Lipinski definition) is 5. The van der Waals surface area contributed by atoms with Crippen molar-refractivity contribution in [3.05, 3.63) is 47.4 Å². The molecule has 0 saturated carbocycles. The number of anilines is 1. The van der Waals surface area contributed by atoms with Crippen LogP contribution in [0.25, 0.3) is 0 Å². The Morgan fingerprint density at radius 1 is 1.28 bits per heavy atom. The van der Waals surface area contributed by atoms with Gasteiger partial charge < -0.3 is 10.1 Å². The van der Waals surface area contributed by atoms with Crippen LogP contribution in [0, 0.1) is 12.8 Å². The second-order valence-electron chi connectivity index (χ2n) is 7.55. The van der Waals surface area contributed by atoms with Gasteiger partial charge in [0, 0.05) is 36.6 Å². The zero-order valence-corrected chi connectivity index (χ0v) is 17.0. The van der Waals surface area contributed by atoms with Crippen molar-refractivity contribution >= 4 is 5.69 Å². The van der Waals surface area contributed by atoms with Crippen LogP contribution in [0.5, 0.6) is 5.88 Å². The average molecular weight is 408 g/mol. The lowest BCUT2D eigenvalue weighted by Crippen LogP contribution is -2.39. The summed E-state index contributed by atoms with van der Waals surface area (Å²) in [6.45, 7) is 6.16. The molecule has 0 spiro atoms. The Labute approximate surface area is 169 Å². The van der Waals surface area contributed by atoms with E-state index >= 15 is 0 Å². The summed E-state index contributed by atoms with van der Waals surface area (Å²) in [6.07, 6.45) is -2.36. The third-order valence-corrected chi connectivity index (χ3v) is 5.32. The van der Waals surface area contributed by atoms with E-state index in [-0.39, 0.29) is 6.04 Å². The van der Waals surface area contributed by atoms with Crippen LogP contribution in [0.15, 0.2) is 30.3 Å². The van der Waals surface area contributed by atoms with Crippen molar-refractivity contribution in [3.63, 3.8) is 0 Å². The minimum absolute atomic E-state index is 0.146. The fraction of sp³-hybridized carbons (Fsp3) is 0.524. The molecule has 1 aliphatic rings. The van der Waals surface area contributed by atoms with Gasteiger partial charge in [-0.3, -0.25) is 4.90 Å². The van der Waals surface area contributed by atoms with E-state index in [1.807, 2.05) is 18.2 Å². The second kappa shape index (κ2) is 8.98. The van der Waals surface area contributed by atoms with Crippen LogP contribution in [0.1, 0.15) is 42.9 Å². The monoisotopic (exact) mass is 408 g/mol. The molecule has 0 aliphatic carbocycles. The van der Waals surface area contributed by atoms with Crippen LogP contribution in [0.2, 0.25) is 0 Å². The molecule has 1 saturated heterocycles. The fourth-order valence-corrected chi connectivity index (χ4v) is 3.76. The van der Waals surface area contributed by atoms with E-state index in [0.717, 1.165) is 37.7 Å². The van der Waals surface area contributed by atoms with Crippen LogP contribution in [-0.2, 0) is 6.18 Å². The summed E-state index contributed by atoms with van der Waals surface area (Å²) in [5, 5.41) is 3.18. The van der Waals surface area contributed by atoms with Crippen molar-refractivity contribution in [3.8, 4) is 5.88 Å². The molecular formula is C21H27F3N4O. The lowest BCUT2D eigenvalue weighted by Gasteiger charge is -2.36. The van der Waals surface area contributed by atoms with E-state index in [0.29, 0.717) is 29.7 Å². The molecule has 8 heteroatoms. The number of aryl methyl sites for hydroxylation is 1. The average Bonchev–Trinajstić information content (AvgIpc) is 2.71. The SMILES string of the molecule is COc1cccc(C(C)N2CCC[C@H](CNc3cc(C)nc(C(F)(F)F)c3)C2)n1. The molecular weight excluding hydrogens is 381 g/mol. The lowest BCUT2D eigenvalue weighted by molar-refractivity contribution is -0.141. The van der Waals surface area contributed by atoms with Gasteiger partial charge in [-0.25, -0.2) is 9.97 Å². The van der Waals surface area contributed by atoms with E-state index in [4.69, 9.17) is 4.74 Å². The number of rotatable bonds is 6. The predicted octanol–water partition coefficient (Wildman–Crippen LogP) is 4.70. The van der Waals surface area contributed by atoms with Gasteiger partial charge in [-0.05, 0) is 57.4 Å². The summed E-state index contributed by atoms with van der Waals surface area (Å²) in [7, 11) is 1.60. The Balaban J connectivity index is 1.62. The number of ether oxygens (including phenoxy) is 1. The summed E-state index contributed by atoms with van der Waals surface area (Å²) in [6, 6.07) is 8.63. The molecule has 0 aromatic carbocycles. The molecule has 2 aromatic heterocycles. The van der Waals surface area contributed by atoms with Gasteiger partial charge in [0.15, 0.2) is 0 Å². The minimum atomic E-state index is -4.44. The highest BCUT2D eigenvalue weighted by molar-refractivity contribution is 5.46. The van der Waals surface area contributed by atoms with Crippen LogP contribution >= 0.6 is 0 Å². The molecule has 3 heterocycles. The second-order valence-corrected chi connectivity index (χ2v) is 7.55. The summed E-state index contributed by atoms with van der Waals surface area (Å²) in [4.78, 5) is 10.5. The third-order valence-electron chi connectivity index (χ3n) is 5.32. The van der Waals surface area contributed by atoms with Crippen LogP contribution in [0.3, 0.4) is 0 Å². The quantitative estimate of drug-likeness (QED) is 0.751. The Morgan fingerprint density at radius 2 is 2.07 bits per heavy atom. The number of aromatic nitrogens is 2. The topological polar surface area (TPSA) is 50.3 Å². The molecule has 2 atom stereocenters. The number of nitrogens with zero attached hydrogens (tertiary/aromatic N) is 3. The van der Waals surface area contributed by atoms with E-state index in [9.17, 15) is 13.2 Å². The number of pyridine rings is 2. The molecule has 2 aromatic rings. The van der Waals surface area contributed by atoms with Gasteiger partial charge in [-0.2, -0.15) is 13.2 Å². The molecule has 29 heavy (non-hydrogen) atoms. The first-order chi connectivity index (χ1) is 13.8. The zero-order chi connectivity index (χ0) is 21.0. The maximum absolute atomic E-state index is 13.0. The van der Waals surface area contributed by atoms with Gasteiger partial charge in [0.1, 0.15) is 5.69 Å². The number of hydrogen-bond donors (Lipinski definition) is 1. The highest BCUT2D eigenvalue weighted by atomic mass is 19.4. The molecule has 1 aliphatic heterocycles. The molecule has 0 amide bonds. The van der Waals surface area contributed by atoms with Crippen LogP contribution in [-0.4, -0.2) is 41.6 Å². The molecule has 158 valence electrons. The standard InChI is InChI=1S/C21H27F3N4O/c1-14-10-17(11-19(26-14)21(22,23)24)25-12-16-6-5-9-28(13-16)15(2)18-7-4-8-20(27-18)29-3/h4,7-8,10-11,15-16H,5-6,9,12-13H2,1-3H3,(H,25,26)/t15?,16-/m1/s1. The van der Waals surface area contributed by atoms with E-state index < -0.39 is 11.9 Å². The highest BCUT2D eigenvalue weighted by Gasteiger charge is 2.33. The highest BCUT2D eigenvalue weighted by Crippen LogP contribution is 2.30. The number of methoxy groups -OCH3 is 1. The van der Waals surface area contributed by atoms with Crippen molar-refractivity contribution in [2.75, 3.05) is 32.1 Å². The lowest BCUT2D eigenvalue weighted by atomic mass is 9.96. The number of halogens is 3. The maximum Gasteiger partial charge on any atom is 0.433 e. The summed E-state index contributed by atoms with van der Waals surface area (Å²) in [5.74, 6) is 0.942. The normalized spacial score (nSPS) is 19.0. The van der Waals surface area contributed by atoms with Gasteiger partial charge in [-0.15, -0.1) is 0 Å². The van der Waals surface area contributed by atoms with E-state index in [1.165, 1.54) is 0 Å².